The summed E-state index contributed by atoms with van der Waals surface area (Å²) in [5.74, 6) is 0.498. The highest BCUT2D eigenvalue weighted by Crippen LogP contribution is 2.28. The second kappa shape index (κ2) is 4.38. The second-order valence-electron chi connectivity index (χ2n) is 4.81. The highest BCUT2D eigenvalue weighted by atomic mass is 16.1. The van der Waals surface area contributed by atoms with Crippen LogP contribution < -0.4 is 16.4 Å². The number of hydrogen-bond donors (Lipinski definition) is 2. The maximum absolute atomic E-state index is 11.2. The third kappa shape index (κ3) is 2.05. The number of nitrogens with zero attached hydrogens (tertiary/aromatic N) is 3. The molecule has 1 saturated heterocycles. The van der Waals surface area contributed by atoms with E-state index in [4.69, 9.17) is 11.5 Å². The van der Waals surface area contributed by atoms with Gasteiger partial charge in [0, 0.05) is 24.2 Å². The topological polar surface area (TPSA) is 98.1 Å². The van der Waals surface area contributed by atoms with E-state index in [-0.39, 0.29) is 11.8 Å². The summed E-state index contributed by atoms with van der Waals surface area (Å²) in [5.41, 5.74) is 12.6. The SMILES string of the molecule is NC(=O)C1CCN(c2ncnc3cc(N)ccc23)C1. The van der Waals surface area contributed by atoms with Gasteiger partial charge in [-0.15, -0.1) is 0 Å². The molecule has 0 bridgehead atoms. The third-order valence-corrected chi connectivity index (χ3v) is 3.53. The molecule has 19 heavy (non-hydrogen) atoms. The number of carbonyl (C=O) groups excluding carboxylic acids is 1. The van der Waals surface area contributed by atoms with E-state index in [2.05, 4.69) is 14.9 Å². The van der Waals surface area contributed by atoms with E-state index in [1.54, 1.807) is 0 Å². The minimum Gasteiger partial charge on any atom is -0.399 e. The van der Waals surface area contributed by atoms with E-state index in [9.17, 15) is 4.79 Å². The lowest BCUT2D eigenvalue weighted by molar-refractivity contribution is -0.121. The summed E-state index contributed by atoms with van der Waals surface area (Å²) in [7, 11) is 0. The average Bonchev–Trinajstić information content (AvgIpc) is 2.87. The summed E-state index contributed by atoms with van der Waals surface area (Å²) < 4.78 is 0. The number of nitrogens with two attached hydrogens (primary N) is 2. The number of aromatic nitrogens is 2. The zero-order chi connectivity index (χ0) is 13.4. The van der Waals surface area contributed by atoms with Crippen LogP contribution in [0.5, 0.6) is 0 Å². The summed E-state index contributed by atoms with van der Waals surface area (Å²) in [4.78, 5) is 21.9. The van der Waals surface area contributed by atoms with Crippen LogP contribution in [0, 0.1) is 5.92 Å². The first-order valence-electron chi connectivity index (χ1n) is 6.19. The predicted molar refractivity (Wildman–Crippen MR) is 73.5 cm³/mol. The van der Waals surface area contributed by atoms with Crippen LogP contribution in [-0.2, 0) is 4.79 Å². The van der Waals surface area contributed by atoms with E-state index >= 15 is 0 Å². The molecule has 0 saturated carbocycles. The van der Waals surface area contributed by atoms with Crippen molar-refractivity contribution in [2.45, 2.75) is 6.42 Å². The van der Waals surface area contributed by atoms with Crippen LogP contribution in [0.2, 0.25) is 0 Å². The highest BCUT2D eigenvalue weighted by molar-refractivity contribution is 5.91. The molecule has 98 valence electrons. The Bertz CT molecular complexity index is 642. The number of anilines is 2. The molecule has 6 heteroatoms. The normalized spacial score (nSPS) is 18.9. The molecule has 4 N–H and O–H groups in total. The van der Waals surface area contributed by atoms with Crippen molar-refractivity contribution in [1.82, 2.24) is 9.97 Å². The Hall–Kier alpha value is -2.37. The van der Waals surface area contributed by atoms with Crippen LogP contribution in [0.1, 0.15) is 6.42 Å². The fourth-order valence-electron chi connectivity index (χ4n) is 2.50. The minimum absolute atomic E-state index is 0.0983. The van der Waals surface area contributed by atoms with Gasteiger partial charge in [0.15, 0.2) is 0 Å². The van der Waals surface area contributed by atoms with Crippen molar-refractivity contribution in [2.24, 2.45) is 11.7 Å². The van der Waals surface area contributed by atoms with Crippen molar-refractivity contribution in [3.05, 3.63) is 24.5 Å². The van der Waals surface area contributed by atoms with Crippen molar-refractivity contribution in [3.63, 3.8) is 0 Å². The first-order chi connectivity index (χ1) is 9.15. The maximum Gasteiger partial charge on any atom is 0.222 e. The molecular formula is C13H15N5O. The van der Waals surface area contributed by atoms with Crippen LogP contribution in [0.4, 0.5) is 11.5 Å². The zero-order valence-electron chi connectivity index (χ0n) is 10.4. The lowest BCUT2D eigenvalue weighted by Crippen LogP contribution is -2.27. The Morgan fingerprint density at radius 2 is 2.21 bits per heavy atom. The lowest BCUT2D eigenvalue weighted by atomic mass is 10.1. The number of rotatable bonds is 2. The number of benzene rings is 1. The van der Waals surface area contributed by atoms with Gasteiger partial charge < -0.3 is 16.4 Å². The number of nitrogen functional groups attached to an aromatic ring is 1. The van der Waals surface area contributed by atoms with Crippen LogP contribution in [0.25, 0.3) is 10.9 Å². The standard InChI is InChI=1S/C13H15N5O/c14-9-1-2-10-11(5-9)16-7-17-13(10)18-4-3-8(6-18)12(15)19/h1-2,5,7-8H,3-4,6,14H2,(H2,15,19). The molecule has 6 nitrogen and oxygen atoms in total. The number of fused-ring (bicyclic) bond motifs is 1. The highest BCUT2D eigenvalue weighted by Gasteiger charge is 2.28. The van der Waals surface area contributed by atoms with Crippen molar-refractivity contribution < 1.29 is 4.79 Å². The number of primary amides is 1. The molecule has 0 aliphatic carbocycles. The van der Waals surface area contributed by atoms with Crippen molar-refractivity contribution in [3.8, 4) is 0 Å². The average molecular weight is 257 g/mol. The molecule has 1 aliphatic rings. The van der Waals surface area contributed by atoms with Gasteiger partial charge in [-0.2, -0.15) is 0 Å². The maximum atomic E-state index is 11.2. The van der Waals surface area contributed by atoms with Gasteiger partial charge in [-0.1, -0.05) is 0 Å². The smallest absolute Gasteiger partial charge is 0.222 e. The molecule has 1 aromatic heterocycles. The van der Waals surface area contributed by atoms with Gasteiger partial charge in [0.2, 0.25) is 5.91 Å². The van der Waals surface area contributed by atoms with Gasteiger partial charge in [0.05, 0.1) is 11.4 Å². The predicted octanol–water partition coefficient (Wildman–Crippen LogP) is 0.524. The molecular weight excluding hydrogens is 242 g/mol. The van der Waals surface area contributed by atoms with Gasteiger partial charge in [0.25, 0.3) is 0 Å². The summed E-state index contributed by atoms with van der Waals surface area (Å²) in [6, 6.07) is 5.57. The quantitative estimate of drug-likeness (QED) is 0.764. The molecule has 1 atom stereocenters. The molecule has 2 aromatic rings. The Morgan fingerprint density at radius 3 is 2.95 bits per heavy atom. The number of amides is 1. The Labute approximate surface area is 110 Å². The first kappa shape index (κ1) is 11.7. The van der Waals surface area contributed by atoms with Crippen LogP contribution in [0.3, 0.4) is 0 Å². The van der Waals surface area contributed by atoms with E-state index < -0.39 is 0 Å². The van der Waals surface area contributed by atoms with Crippen LogP contribution in [-0.4, -0.2) is 29.0 Å². The molecule has 1 aliphatic heterocycles. The fourth-order valence-corrected chi connectivity index (χ4v) is 2.50. The van der Waals surface area contributed by atoms with Crippen molar-refractivity contribution in [2.75, 3.05) is 23.7 Å². The molecule has 1 aromatic carbocycles. The van der Waals surface area contributed by atoms with E-state index in [1.807, 2.05) is 18.2 Å². The lowest BCUT2D eigenvalue weighted by Gasteiger charge is -2.18. The zero-order valence-corrected chi connectivity index (χ0v) is 10.4. The summed E-state index contributed by atoms with van der Waals surface area (Å²) in [6.45, 7) is 1.40. The van der Waals surface area contributed by atoms with Crippen LogP contribution in [0.15, 0.2) is 24.5 Å². The molecule has 1 unspecified atom stereocenters. The minimum atomic E-state index is -0.245. The summed E-state index contributed by atoms with van der Waals surface area (Å²) in [6.07, 6.45) is 2.30. The van der Waals surface area contributed by atoms with Gasteiger partial charge in [-0.05, 0) is 24.6 Å². The van der Waals surface area contributed by atoms with E-state index in [0.29, 0.717) is 12.2 Å². The molecule has 2 heterocycles. The monoisotopic (exact) mass is 257 g/mol. The first-order valence-corrected chi connectivity index (χ1v) is 6.19. The van der Waals surface area contributed by atoms with Gasteiger partial charge in [-0.25, -0.2) is 9.97 Å². The molecule has 1 fully saturated rings. The molecule has 1 amide bonds. The van der Waals surface area contributed by atoms with Crippen LogP contribution >= 0.6 is 0 Å². The Kier molecular flexibility index (Phi) is 2.70. The Balaban J connectivity index is 2.00. The number of hydrogen-bond acceptors (Lipinski definition) is 5. The molecule has 0 radical (unpaired) electrons. The molecule has 0 spiro atoms. The Morgan fingerprint density at radius 1 is 1.37 bits per heavy atom. The largest absolute Gasteiger partial charge is 0.399 e. The van der Waals surface area contributed by atoms with E-state index in [0.717, 1.165) is 29.7 Å². The molecule has 3 rings (SSSR count). The van der Waals surface area contributed by atoms with E-state index in [1.165, 1.54) is 6.33 Å². The summed E-state index contributed by atoms with van der Waals surface area (Å²) in [5, 5.41) is 0.946. The van der Waals surface area contributed by atoms with Gasteiger partial charge in [0.1, 0.15) is 12.1 Å². The fraction of sp³-hybridized carbons (Fsp3) is 0.308. The van der Waals surface area contributed by atoms with Crippen molar-refractivity contribution in [1.29, 1.82) is 0 Å². The van der Waals surface area contributed by atoms with Gasteiger partial charge >= 0.3 is 0 Å². The van der Waals surface area contributed by atoms with Crippen molar-refractivity contribution >= 4 is 28.3 Å². The second-order valence-corrected chi connectivity index (χ2v) is 4.81. The number of carbonyl (C=O) groups is 1. The third-order valence-electron chi connectivity index (χ3n) is 3.53. The summed E-state index contributed by atoms with van der Waals surface area (Å²) >= 11 is 0. The van der Waals surface area contributed by atoms with Gasteiger partial charge in [-0.3, -0.25) is 4.79 Å².